The molecule has 3 heterocycles. The van der Waals surface area contributed by atoms with Crippen LogP contribution >= 0.6 is 0 Å². The second-order valence-corrected chi connectivity index (χ2v) is 6.87. The molecule has 0 aliphatic carbocycles. The number of hydrogen-bond donors (Lipinski definition) is 0. The fraction of sp³-hybridized carbons (Fsp3) is 0.300. The van der Waals surface area contributed by atoms with Crippen molar-refractivity contribution in [2.24, 2.45) is 0 Å². The highest BCUT2D eigenvalue weighted by Crippen LogP contribution is 2.17. The number of piperazine rings is 1. The van der Waals surface area contributed by atoms with E-state index in [4.69, 9.17) is 0 Å². The molecule has 8 heteroatoms. The molecule has 0 atom stereocenters. The number of anilines is 1. The van der Waals surface area contributed by atoms with E-state index in [-0.39, 0.29) is 11.7 Å². The third-order valence-electron chi connectivity index (χ3n) is 4.85. The third-order valence-corrected chi connectivity index (χ3v) is 4.85. The average Bonchev–Trinajstić information content (AvgIpc) is 3.06. The highest BCUT2D eigenvalue weighted by atomic mass is 19.1. The van der Waals surface area contributed by atoms with Gasteiger partial charge in [0.15, 0.2) is 11.6 Å². The van der Waals surface area contributed by atoms with Gasteiger partial charge in [-0.3, -0.25) is 4.79 Å². The maximum absolute atomic E-state index is 13.0. The smallest absolute Gasteiger partial charge is 0.253 e. The molecular weight excluding hydrogens is 359 g/mol. The molecule has 28 heavy (non-hydrogen) atoms. The summed E-state index contributed by atoms with van der Waals surface area (Å²) in [5, 5.41) is 13.1. The van der Waals surface area contributed by atoms with E-state index in [1.165, 1.54) is 24.3 Å². The van der Waals surface area contributed by atoms with Gasteiger partial charge < -0.3 is 9.80 Å². The van der Waals surface area contributed by atoms with Crippen LogP contribution in [0, 0.1) is 19.7 Å². The molecule has 2 aromatic heterocycles. The number of nitrogens with zero attached hydrogens (tertiary/aromatic N) is 6. The van der Waals surface area contributed by atoms with E-state index in [0.717, 1.165) is 17.2 Å². The minimum atomic E-state index is -0.344. The Hall–Kier alpha value is -3.29. The number of halogens is 1. The molecule has 1 saturated heterocycles. The fourth-order valence-corrected chi connectivity index (χ4v) is 3.37. The second kappa shape index (κ2) is 7.38. The molecule has 0 radical (unpaired) electrons. The molecular formula is C20H21FN6O. The zero-order chi connectivity index (χ0) is 19.7. The number of aromatic nitrogens is 4. The summed E-state index contributed by atoms with van der Waals surface area (Å²) in [7, 11) is 0. The Labute approximate surface area is 162 Å². The van der Waals surface area contributed by atoms with Crippen LogP contribution in [0.25, 0.3) is 5.82 Å². The van der Waals surface area contributed by atoms with Crippen LogP contribution in [0.4, 0.5) is 10.2 Å². The zero-order valence-electron chi connectivity index (χ0n) is 15.8. The fourth-order valence-electron chi connectivity index (χ4n) is 3.37. The van der Waals surface area contributed by atoms with Gasteiger partial charge in [0.1, 0.15) is 5.82 Å². The summed E-state index contributed by atoms with van der Waals surface area (Å²) < 4.78 is 14.8. The molecule has 0 N–H and O–H groups in total. The number of hydrogen-bond acceptors (Lipinski definition) is 5. The standard InChI is InChI=1S/C20H21FN6O/c1-14-13-15(2)27(24-14)19-8-7-18(22-23-19)25-9-11-26(12-10-25)20(28)16-3-5-17(21)6-4-16/h3-8,13H,9-12H2,1-2H3. The van der Waals surface area contributed by atoms with Crippen LogP contribution in [-0.2, 0) is 0 Å². The van der Waals surface area contributed by atoms with Crippen LogP contribution < -0.4 is 4.90 Å². The van der Waals surface area contributed by atoms with Crippen molar-refractivity contribution >= 4 is 11.7 Å². The van der Waals surface area contributed by atoms with Gasteiger partial charge in [0.25, 0.3) is 5.91 Å². The van der Waals surface area contributed by atoms with Crippen LogP contribution in [0.1, 0.15) is 21.7 Å². The van der Waals surface area contributed by atoms with Gasteiger partial charge in [-0.1, -0.05) is 0 Å². The summed E-state index contributed by atoms with van der Waals surface area (Å²) in [4.78, 5) is 16.4. The summed E-state index contributed by atoms with van der Waals surface area (Å²) in [6, 6.07) is 11.5. The van der Waals surface area contributed by atoms with Crippen LogP contribution in [0.3, 0.4) is 0 Å². The predicted molar refractivity (Wildman–Crippen MR) is 103 cm³/mol. The van der Waals surface area contributed by atoms with Crippen molar-refractivity contribution in [3.63, 3.8) is 0 Å². The molecule has 1 aliphatic rings. The lowest BCUT2D eigenvalue weighted by atomic mass is 10.2. The van der Waals surface area contributed by atoms with E-state index in [2.05, 4.69) is 20.2 Å². The summed E-state index contributed by atoms with van der Waals surface area (Å²) >= 11 is 0. The van der Waals surface area contributed by atoms with Gasteiger partial charge in [-0.25, -0.2) is 9.07 Å². The number of carbonyl (C=O) groups excluding carboxylic acids is 1. The number of amides is 1. The van der Waals surface area contributed by atoms with E-state index in [1.54, 1.807) is 9.58 Å². The zero-order valence-corrected chi connectivity index (χ0v) is 15.8. The van der Waals surface area contributed by atoms with Gasteiger partial charge in [0.2, 0.25) is 0 Å². The number of aryl methyl sites for hydroxylation is 2. The molecule has 1 amide bonds. The Bertz CT molecular complexity index is 975. The molecule has 1 aromatic carbocycles. The Morgan fingerprint density at radius 2 is 1.57 bits per heavy atom. The van der Waals surface area contributed by atoms with E-state index >= 15 is 0 Å². The van der Waals surface area contributed by atoms with Crippen molar-refractivity contribution < 1.29 is 9.18 Å². The molecule has 0 unspecified atom stereocenters. The molecule has 4 rings (SSSR count). The van der Waals surface area contributed by atoms with Crippen molar-refractivity contribution in [3.05, 3.63) is 65.2 Å². The van der Waals surface area contributed by atoms with E-state index in [9.17, 15) is 9.18 Å². The number of benzene rings is 1. The van der Waals surface area contributed by atoms with Gasteiger partial charge in [-0.05, 0) is 56.3 Å². The van der Waals surface area contributed by atoms with E-state index in [1.807, 2.05) is 32.0 Å². The van der Waals surface area contributed by atoms with Crippen molar-refractivity contribution in [3.8, 4) is 5.82 Å². The van der Waals surface area contributed by atoms with Crippen molar-refractivity contribution in [1.29, 1.82) is 0 Å². The quantitative estimate of drug-likeness (QED) is 0.698. The lowest BCUT2D eigenvalue weighted by molar-refractivity contribution is 0.0746. The van der Waals surface area contributed by atoms with Crippen LogP contribution in [0.5, 0.6) is 0 Å². The van der Waals surface area contributed by atoms with Gasteiger partial charge in [-0.2, -0.15) is 5.10 Å². The lowest BCUT2D eigenvalue weighted by Gasteiger charge is -2.35. The third kappa shape index (κ3) is 3.58. The Morgan fingerprint density at radius 1 is 0.929 bits per heavy atom. The van der Waals surface area contributed by atoms with Crippen LogP contribution in [-0.4, -0.2) is 57.0 Å². The Kier molecular flexibility index (Phi) is 4.77. The number of rotatable bonds is 3. The first kappa shape index (κ1) is 18.1. The minimum absolute atomic E-state index is 0.0781. The van der Waals surface area contributed by atoms with Crippen molar-refractivity contribution in [1.82, 2.24) is 24.9 Å². The Morgan fingerprint density at radius 3 is 2.14 bits per heavy atom. The van der Waals surface area contributed by atoms with Gasteiger partial charge in [0, 0.05) is 37.4 Å². The molecule has 3 aromatic rings. The van der Waals surface area contributed by atoms with E-state index < -0.39 is 0 Å². The number of carbonyl (C=O) groups is 1. The molecule has 0 bridgehead atoms. The van der Waals surface area contributed by atoms with Gasteiger partial charge in [-0.15, -0.1) is 10.2 Å². The summed E-state index contributed by atoms with van der Waals surface area (Å²) in [5.74, 6) is 1.04. The topological polar surface area (TPSA) is 67.2 Å². The maximum atomic E-state index is 13.0. The largest absolute Gasteiger partial charge is 0.352 e. The summed E-state index contributed by atoms with van der Waals surface area (Å²) in [6.07, 6.45) is 0. The summed E-state index contributed by atoms with van der Waals surface area (Å²) in [5.41, 5.74) is 2.45. The van der Waals surface area contributed by atoms with Gasteiger partial charge in [0.05, 0.1) is 5.69 Å². The monoisotopic (exact) mass is 380 g/mol. The van der Waals surface area contributed by atoms with Crippen LogP contribution in [0.15, 0.2) is 42.5 Å². The van der Waals surface area contributed by atoms with Crippen LogP contribution in [0.2, 0.25) is 0 Å². The molecule has 1 aliphatic heterocycles. The maximum Gasteiger partial charge on any atom is 0.253 e. The molecule has 7 nitrogen and oxygen atoms in total. The molecule has 0 spiro atoms. The Balaban J connectivity index is 1.40. The molecule has 1 fully saturated rings. The van der Waals surface area contributed by atoms with Gasteiger partial charge >= 0.3 is 0 Å². The van der Waals surface area contributed by atoms with Crippen molar-refractivity contribution in [2.45, 2.75) is 13.8 Å². The SMILES string of the molecule is Cc1cc(C)n(-c2ccc(N3CCN(C(=O)c4ccc(F)cc4)CC3)nn2)n1. The van der Waals surface area contributed by atoms with E-state index in [0.29, 0.717) is 37.6 Å². The summed E-state index contributed by atoms with van der Waals surface area (Å²) in [6.45, 7) is 6.42. The second-order valence-electron chi connectivity index (χ2n) is 6.87. The highest BCUT2D eigenvalue weighted by Gasteiger charge is 2.23. The minimum Gasteiger partial charge on any atom is -0.352 e. The first-order chi connectivity index (χ1) is 13.5. The first-order valence-corrected chi connectivity index (χ1v) is 9.18. The lowest BCUT2D eigenvalue weighted by Crippen LogP contribution is -2.49. The average molecular weight is 380 g/mol. The highest BCUT2D eigenvalue weighted by molar-refractivity contribution is 5.94. The molecule has 144 valence electrons. The van der Waals surface area contributed by atoms with Crippen molar-refractivity contribution in [2.75, 3.05) is 31.1 Å². The predicted octanol–water partition coefficient (Wildman–Crippen LogP) is 2.38. The molecule has 0 saturated carbocycles. The normalized spacial score (nSPS) is 14.4. The first-order valence-electron chi connectivity index (χ1n) is 9.18.